The standard InChI is InChI=1S/C31H34F2N4O2/c1-5-21-14-24(33)10-12-26(21)31(22-6-8-23(32)9-7-22)37-17-19(2)36(16-20(37)3)28-15-29(39)35(4)27-13-11-25(18-38)34-30(27)28/h6-15,19-20,31,38H,5,16-18H2,1-4H3/t19-,20+,31?/m0/s1. The van der Waals surface area contributed by atoms with Gasteiger partial charge in [0.25, 0.3) is 5.56 Å². The fraction of sp³-hybridized carbons (Fsp3) is 0.355. The smallest absolute Gasteiger partial charge is 0.252 e. The first kappa shape index (κ1) is 27.0. The number of fused-ring (bicyclic) bond motifs is 1. The van der Waals surface area contributed by atoms with Crippen molar-refractivity contribution in [2.45, 2.75) is 51.9 Å². The van der Waals surface area contributed by atoms with Crippen LogP contribution in [0.15, 0.2) is 65.5 Å². The van der Waals surface area contributed by atoms with Crippen molar-refractivity contribution in [2.75, 3.05) is 18.0 Å². The molecule has 2 aromatic heterocycles. The molecule has 1 saturated heterocycles. The molecule has 0 spiro atoms. The lowest BCUT2D eigenvalue weighted by Gasteiger charge is -2.49. The highest BCUT2D eigenvalue weighted by Gasteiger charge is 2.36. The molecule has 1 N–H and O–H groups in total. The van der Waals surface area contributed by atoms with E-state index in [1.807, 2.05) is 19.1 Å². The number of aryl methyl sites for hydroxylation is 2. The van der Waals surface area contributed by atoms with E-state index in [-0.39, 0.29) is 41.9 Å². The summed E-state index contributed by atoms with van der Waals surface area (Å²) in [6.07, 6.45) is 0.673. The van der Waals surface area contributed by atoms with Crippen LogP contribution in [0.2, 0.25) is 0 Å². The fourth-order valence-electron chi connectivity index (χ4n) is 5.85. The van der Waals surface area contributed by atoms with Gasteiger partial charge in [-0.3, -0.25) is 9.69 Å². The maximum Gasteiger partial charge on any atom is 0.252 e. The van der Waals surface area contributed by atoms with E-state index in [9.17, 15) is 18.7 Å². The van der Waals surface area contributed by atoms with Gasteiger partial charge in [0, 0.05) is 38.3 Å². The molecule has 1 unspecified atom stereocenters. The highest BCUT2D eigenvalue weighted by atomic mass is 19.1. The van der Waals surface area contributed by atoms with Crippen molar-refractivity contribution in [1.82, 2.24) is 14.5 Å². The van der Waals surface area contributed by atoms with Gasteiger partial charge in [-0.15, -0.1) is 0 Å². The second-order valence-electron chi connectivity index (χ2n) is 10.5. The molecule has 4 aromatic rings. The molecule has 3 atom stereocenters. The first-order chi connectivity index (χ1) is 18.7. The van der Waals surface area contributed by atoms with Gasteiger partial charge in [-0.2, -0.15) is 0 Å². The van der Waals surface area contributed by atoms with E-state index in [0.29, 0.717) is 36.2 Å². The van der Waals surface area contributed by atoms with Crippen LogP contribution in [-0.4, -0.2) is 44.7 Å². The van der Waals surface area contributed by atoms with Crippen LogP contribution in [0.1, 0.15) is 49.2 Å². The minimum absolute atomic E-state index is 0.00422. The monoisotopic (exact) mass is 532 g/mol. The molecular formula is C31H34F2N4O2. The van der Waals surface area contributed by atoms with Gasteiger partial charge in [-0.1, -0.05) is 25.1 Å². The number of aromatic nitrogens is 2. The highest BCUT2D eigenvalue weighted by Crippen LogP contribution is 2.37. The summed E-state index contributed by atoms with van der Waals surface area (Å²) >= 11 is 0. The number of benzene rings is 2. The minimum Gasteiger partial charge on any atom is -0.390 e. The fourth-order valence-corrected chi connectivity index (χ4v) is 5.85. The maximum atomic E-state index is 14.2. The summed E-state index contributed by atoms with van der Waals surface area (Å²) in [5.41, 5.74) is 5.42. The van der Waals surface area contributed by atoms with E-state index in [0.717, 1.165) is 22.4 Å². The number of piperazine rings is 1. The lowest BCUT2D eigenvalue weighted by atomic mass is 9.89. The third-order valence-corrected chi connectivity index (χ3v) is 7.93. The van der Waals surface area contributed by atoms with E-state index in [2.05, 4.69) is 28.6 Å². The summed E-state index contributed by atoms with van der Waals surface area (Å²) in [5.74, 6) is -0.571. The highest BCUT2D eigenvalue weighted by molar-refractivity contribution is 5.88. The normalized spacial score (nSPS) is 19.0. The van der Waals surface area contributed by atoms with Crippen molar-refractivity contribution in [1.29, 1.82) is 0 Å². The molecule has 0 bridgehead atoms. The van der Waals surface area contributed by atoms with E-state index < -0.39 is 0 Å². The zero-order chi connectivity index (χ0) is 27.8. The molecule has 5 rings (SSSR count). The van der Waals surface area contributed by atoms with Crippen LogP contribution in [0.3, 0.4) is 0 Å². The molecule has 0 saturated carbocycles. The molecule has 6 nitrogen and oxygen atoms in total. The first-order valence-electron chi connectivity index (χ1n) is 13.4. The second-order valence-corrected chi connectivity index (χ2v) is 10.5. The Kier molecular flexibility index (Phi) is 7.51. The summed E-state index contributed by atoms with van der Waals surface area (Å²) in [5, 5.41) is 9.71. The molecule has 1 aliphatic heterocycles. The molecule has 1 fully saturated rings. The van der Waals surface area contributed by atoms with Gasteiger partial charge in [0.05, 0.1) is 29.5 Å². The summed E-state index contributed by atoms with van der Waals surface area (Å²) in [7, 11) is 1.72. The van der Waals surface area contributed by atoms with Gasteiger partial charge in [0.2, 0.25) is 0 Å². The molecule has 2 aromatic carbocycles. The van der Waals surface area contributed by atoms with Crippen LogP contribution in [0.5, 0.6) is 0 Å². The first-order valence-corrected chi connectivity index (χ1v) is 13.4. The van der Waals surface area contributed by atoms with E-state index in [4.69, 9.17) is 0 Å². The van der Waals surface area contributed by atoms with Gasteiger partial charge in [0.1, 0.15) is 17.2 Å². The molecule has 8 heteroatoms. The Morgan fingerprint density at radius 3 is 2.38 bits per heavy atom. The third kappa shape index (κ3) is 5.06. The van der Waals surface area contributed by atoms with E-state index >= 15 is 0 Å². The summed E-state index contributed by atoms with van der Waals surface area (Å²) in [6.45, 7) is 7.36. The number of nitrogens with zero attached hydrogens (tertiary/aromatic N) is 4. The SMILES string of the molecule is CCc1cc(F)ccc1C(c1ccc(F)cc1)N1C[C@H](C)N(c2cc(=O)n(C)c3ccc(CO)nc23)C[C@H]1C. The van der Waals surface area contributed by atoms with Crippen molar-refractivity contribution in [2.24, 2.45) is 7.05 Å². The lowest BCUT2D eigenvalue weighted by Crippen LogP contribution is -2.57. The third-order valence-electron chi connectivity index (χ3n) is 7.93. The largest absolute Gasteiger partial charge is 0.390 e. The Morgan fingerprint density at radius 1 is 0.974 bits per heavy atom. The Labute approximate surface area is 227 Å². The average molecular weight is 533 g/mol. The Morgan fingerprint density at radius 2 is 1.69 bits per heavy atom. The van der Waals surface area contributed by atoms with Crippen molar-refractivity contribution in [3.63, 3.8) is 0 Å². The lowest BCUT2D eigenvalue weighted by molar-refractivity contribution is 0.129. The Bertz CT molecular complexity index is 1550. The number of rotatable bonds is 6. The Balaban J connectivity index is 1.57. The van der Waals surface area contributed by atoms with Gasteiger partial charge < -0.3 is 14.6 Å². The quantitative estimate of drug-likeness (QED) is 0.381. The number of aliphatic hydroxyl groups excluding tert-OH is 1. The molecule has 0 amide bonds. The molecule has 0 radical (unpaired) electrons. The molecule has 204 valence electrons. The van der Waals surface area contributed by atoms with Gasteiger partial charge >= 0.3 is 0 Å². The van der Waals surface area contributed by atoms with Crippen molar-refractivity contribution >= 4 is 16.7 Å². The molecule has 0 aliphatic carbocycles. The maximum absolute atomic E-state index is 14.2. The minimum atomic E-state index is -0.300. The van der Waals surface area contributed by atoms with E-state index in [1.165, 1.54) is 18.2 Å². The van der Waals surface area contributed by atoms with Crippen LogP contribution in [0.25, 0.3) is 11.0 Å². The number of pyridine rings is 2. The van der Waals surface area contributed by atoms with Crippen LogP contribution in [0, 0.1) is 11.6 Å². The Hall–Kier alpha value is -3.62. The van der Waals surface area contributed by atoms with Crippen LogP contribution in [-0.2, 0) is 20.1 Å². The van der Waals surface area contributed by atoms with E-state index in [1.54, 1.807) is 41.9 Å². The molecule has 3 heterocycles. The zero-order valence-corrected chi connectivity index (χ0v) is 22.7. The van der Waals surface area contributed by atoms with Crippen LogP contribution >= 0.6 is 0 Å². The van der Waals surface area contributed by atoms with Crippen molar-refractivity contribution in [3.8, 4) is 0 Å². The zero-order valence-electron chi connectivity index (χ0n) is 22.7. The number of aliphatic hydroxyl groups is 1. The topological polar surface area (TPSA) is 61.6 Å². The van der Waals surface area contributed by atoms with Crippen molar-refractivity contribution < 1.29 is 13.9 Å². The van der Waals surface area contributed by atoms with Crippen molar-refractivity contribution in [3.05, 3.63) is 105 Å². The number of anilines is 1. The molecule has 1 aliphatic rings. The van der Waals surface area contributed by atoms with Gasteiger partial charge in [0.15, 0.2) is 0 Å². The molecule has 39 heavy (non-hydrogen) atoms. The average Bonchev–Trinajstić information content (AvgIpc) is 2.94. The summed E-state index contributed by atoms with van der Waals surface area (Å²) < 4.78 is 29.7. The summed E-state index contributed by atoms with van der Waals surface area (Å²) in [6, 6.07) is 16.5. The number of halogens is 2. The van der Waals surface area contributed by atoms with Crippen LogP contribution < -0.4 is 10.5 Å². The number of hydrogen-bond acceptors (Lipinski definition) is 5. The van der Waals surface area contributed by atoms with Crippen LogP contribution in [0.4, 0.5) is 14.5 Å². The predicted octanol–water partition coefficient (Wildman–Crippen LogP) is 4.96. The second kappa shape index (κ2) is 10.9. The number of hydrogen-bond donors (Lipinski definition) is 1. The summed E-state index contributed by atoms with van der Waals surface area (Å²) in [4.78, 5) is 22.2. The van der Waals surface area contributed by atoms with Gasteiger partial charge in [-0.05, 0) is 73.4 Å². The predicted molar refractivity (Wildman–Crippen MR) is 150 cm³/mol. The van der Waals surface area contributed by atoms with Gasteiger partial charge in [-0.25, -0.2) is 13.8 Å². The molecular weight excluding hydrogens is 498 g/mol.